The second-order valence-electron chi connectivity index (χ2n) is 6.46. The maximum absolute atomic E-state index is 11.9. The summed E-state index contributed by atoms with van der Waals surface area (Å²) in [5, 5.41) is 19.8. The zero-order valence-corrected chi connectivity index (χ0v) is 11.5. The Morgan fingerprint density at radius 3 is 2.72 bits per heavy atom. The van der Waals surface area contributed by atoms with Gasteiger partial charge in [0.05, 0.1) is 12.2 Å². The fourth-order valence-corrected chi connectivity index (χ4v) is 3.72. The van der Waals surface area contributed by atoms with E-state index in [0.717, 1.165) is 12.8 Å². The van der Waals surface area contributed by atoms with Crippen LogP contribution in [0.2, 0.25) is 0 Å². The van der Waals surface area contributed by atoms with Gasteiger partial charge in [-0.3, -0.25) is 4.79 Å². The number of aliphatic hydroxyl groups excluding tert-OH is 1. The van der Waals surface area contributed by atoms with Gasteiger partial charge in [-0.15, -0.1) is 0 Å². The third-order valence-corrected chi connectivity index (χ3v) is 4.93. The summed E-state index contributed by atoms with van der Waals surface area (Å²) in [5.41, 5.74) is -0.206. The molecule has 0 aromatic rings. The molecule has 102 valence electrons. The summed E-state index contributed by atoms with van der Waals surface area (Å²) >= 11 is 0. The van der Waals surface area contributed by atoms with Gasteiger partial charge < -0.3 is 10.2 Å². The first-order valence-corrected chi connectivity index (χ1v) is 6.94. The molecule has 0 bridgehead atoms. The Hall–Kier alpha value is -0.670. The number of allylic oxidation sites excluding steroid dienone is 1. The van der Waals surface area contributed by atoms with Crippen LogP contribution in [0.5, 0.6) is 0 Å². The minimum absolute atomic E-state index is 0.00318. The molecule has 3 nitrogen and oxygen atoms in total. The number of rotatable bonds is 2. The smallest absolute Gasteiger partial charge is 0.161 e. The number of fused-ring (bicyclic) bond motifs is 1. The number of hydrogen-bond acceptors (Lipinski definition) is 3. The van der Waals surface area contributed by atoms with E-state index < -0.39 is 5.60 Å². The Balaban J connectivity index is 2.36. The van der Waals surface area contributed by atoms with Gasteiger partial charge in [-0.2, -0.15) is 0 Å². The standard InChI is InChI=1S/C15H24O3/c1-9(2)11-4-5-15(3,18)13-7-14(17)10(8-16)6-12(11)13/h6,9,11-13,16,18H,4-5,7-8H2,1-3H3/t11-,12-,13+,15-/m0/s1. The predicted octanol–water partition coefficient (Wildman–Crippen LogP) is 1.93. The summed E-state index contributed by atoms with van der Waals surface area (Å²) in [5.74, 6) is 1.29. The van der Waals surface area contributed by atoms with Crippen LogP contribution in [0.3, 0.4) is 0 Å². The lowest BCUT2D eigenvalue weighted by atomic mass is 9.58. The van der Waals surface area contributed by atoms with E-state index >= 15 is 0 Å². The summed E-state index contributed by atoms with van der Waals surface area (Å²) in [4.78, 5) is 11.9. The number of hydrogen-bond donors (Lipinski definition) is 2. The van der Waals surface area contributed by atoms with Gasteiger partial charge in [0, 0.05) is 17.9 Å². The molecular formula is C15H24O3. The van der Waals surface area contributed by atoms with Gasteiger partial charge >= 0.3 is 0 Å². The van der Waals surface area contributed by atoms with Crippen LogP contribution in [-0.4, -0.2) is 28.2 Å². The van der Waals surface area contributed by atoms with Crippen molar-refractivity contribution in [2.75, 3.05) is 6.61 Å². The third kappa shape index (κ3) is 2.26. The van der Waals surface area contributed by atoms with Gasteiger partial charge in [0.1, 0.15) is 0 Å². The van der Waals surface area contributed by atoms with Crippen LogP contribution in [0.1, 0.15) is 40.0 Å². The van der Waals surface area contributed by atoms with E-state index in [1.165, 1.54) is 0 Å². The van der Waals surface area contributed by atoms with E-state index in [9.17, 15) is 15.0 Å². The van der Waals surface area contributed by atoms with E-state index in [1.807, 2.05) is 13.0 Å². The van der Waals surface area contributed by atoms with E-state index in [4.69, 9.17) is 0 Å². The first kappa shape index (κ1) is 13.8. The maximum Gasteiger partial charge on any atom is 0.161 e. The average Bonchev–Trinajstić information content (AvgIpc) is 2.29. The van der Waals surface area contributed by atoms with Crippen LogP contribution in [0.25, 0.3) is 0 Å². The minimum Gasteiger partial charge on any atom is -0.392 e. The van der Waals surface area contributed by atoms with Crippen LogP contribution in [0, 0.1) is 23.7 Å². The monoisotopic (exact) mass is 252 g/mol. The topological polar surface area (TPSA) is 57.5 Å². The van der Waals surface area contributed by atoms with Crippen molar-refractivity contribution in [2.45, 2.75) is 45.6 Å². The van der Waals surface area contributed by atoms with Gasteiger partial charge in [0.25, 0.3) is 0 Å². The predicted molar refractivity (Wildman–Crippen MR) is 70.0 cm³/mol. The molecule has 0 aromatic carbocycles. The quantitative estimate of drug-likeness (QED) is 0.789. The lowest BCUT2D eigenvalue weighted by molar-refractivity contribution is -0.127. The average molecular weight is 252 g/mol. The van der Waals surface area contributed by atoms with Gasteiger partial charge in [-0.25, -0.2) is 0 Å². The Labute approximate surface area is 109 Å². The Morgan fingerprint density at radius 1 is 1.50 bits per heavy atom. The number of Topliss-reactive ketones (excluding diaryl/α,β-unsaturated/α-hetero) is 1. The Bertz CT molecular complexity index is 368. The van der Waals surface area contributed by atoms with Crippen molar-refractivity contribution in [3.8, 4) is 0 Å². The maximum atomic E-state index is 11.9. The normalized spacial score (nSPS) is 40.7. The highest BCUT2D eigenvalue weighted by atomic mass is 16.3. The summed E-state index contributed by atoms with van der Waals surface area (Å²) in [6.45, 7) is 6.08. The van der Waals surface area contributed by atoms with E-state index in [-0.39, 0.29) is 24.2 Å². The zero-order chi connectivity index (χ0) is 13.5. The molecule has 2 aliphatic rings. The highest BCUT2D eigenvalue weighted by molar-refractivity contribution is 5.96. The first-order chi connectivity index (χ1) is 8.36. The highest BCUT2D eigenvalue weighted by Gasteiger charge is 2.48. The molecule has 0 aliphatic heterocycles. The summed E-state index contributed by atoms with van der Waals surface area (Å²) in [6, 6.07) is 0. The van der Waals surface area contributed by atoms with Crippen molar-refractivity contribution >= 4 is 5.78 Å². The second-order valence-corrected chi connectivity index (χ2v) is 6.46. The molecule has 1 saturated carbocycles. The largest absolute Gasteiger partial charge is 0.392 e. The van der Waals surface area contributed by atoms with Crippen LogP contribution in [0.4, 0.5) is 0 Å². The van der Waals surface area contributed by atoms with E-state index in [1.54, 1.807) is 0 Å². The highest BCUT2D eigenvalue weighted by Crippen LogP contribution is 2.48. The summed E-state index contributed by atoms with van der Waals surface area (Å²) < 4.78 is 0. The minimum atomic E-state index is -0.747. The molecular weight excluding hydrogens is 228 g/mol. The van der Waals surface area contributed by atoms with Crippen molar-refractivity contribution in [1.29, 1.82) is 0 Å². The SMILES string of the molecule is CC(C)[C@@H]1CC[C@](C)(O)[C@@H]2CC(=O)C(CO)=C[C@H]21. The molecule has 0 spiro atoms. The number of carbonyl (C=O) groups is 1. The summed E-state index contributed by atoms with van der Waals surface area (Å²) in [6.07, 6.45) is 4.09. The van der Waals surface area contributed by atoms with Gasteiger partial charge in [-0.05, 0) is 37.5 Å². The molecule has 3 heteroatoms. The fourth-order valence-electron chi connectivity index (χ4n) is 3.72. The molecule has 0 radical (unpaired) electrons. The van der Waals surface area contributed by atoms with Crippen molar-refractivity contribution in [2.24, 2.45) is 23.7 Å². The molecule has 2 aliphatic carbocycles. The molecule has 0 aromatic heterocycles. The molecule has 0 heterocycles. The van der Waals surface area contributed by atoms with Gasteiger partial charge in [-0.1, -0.05) is 19.9 Å². The van der Waals surface area contributed by atoms with Gasteiger partial charge in [0.15, 0.2) is 5.78 Å². The summed E-state index contributed by atoms with van der Waals surface area (Å²) in [7, 11) is 0. The molecule has 4 atom stereocenters. The lowest BCUT2D eigenvalue weighted by Crippen LogP contribution is -2.49. The molecule has 2 rings (SSSR count). The van der Waals surface area contributed by atoms with Crippen LogP contribution in [0.15, 0.2) is 11.6 Å². The molecule has 0 saturated heterocycles. The van der Waals surface area contributed by atoms with Crippen LogP contribution in [-0.2, 0) is 4.79 Å². The Morgan fingerprint density at radius 2 is 2.17 bits per heavy atom. The van der Waals surface area contributed by atoms with E-state index in [2.05, 4.69) is 13.8 Å². The van der Waals surface area contributed by atoms with Crippen molar-refractivity contribution in [3.63, 3.8) is 0 Å². The Kier molecular flexibility index (Phi) is 3.65. The van der Waals surface area contributed by atoms with Crippen molar-refractivity contribution in [3.05, 3.63) is 11.6 Å². The fraction of sp³-hybridized carbons (Fsp3) is 0.800. The molecule has 0 unspecified atom stereocenters. The molecule has 1 fully saturated rings. The number of ketones is 1. The van der Waals surface area contributed by atoms with Crippen LogP contribution >= 0.6 is 0 Å². The van der Waals surface area contributed by atoms with Gasteiger partial charge in [0.2, 0.25) is 0 Å². The van der Waals surface area contributed by atoms with Crippen LogP contribution < -0.4 is 0 Å². The molecule has 0 amide bonds. The van der Waals surface area contributed by atoms with Crippen molar-refractivity contribution < 1.29 is 15.0 Å². The number of aliphatic hydroxyl groups is 2. The first-order valence-electron chi connectivity index (χ1n) is 6.94. The number of carbonyl (C=O) groups excluding carboxylic acids is 1. The lowest BCUT2D eigenvalue weighted by Gasteiger charge is -2.49. The van der Waals surface area contributed by atoms with E-state index in [0.29, 0.717) is 23.8 Å². The van der Waals surface area contributed by atoms with Crippen molar-refractivity contribution in [1.82, 2.24) is 0 Å². The zero-order valence-electron chi connectivity index (χ0n) is 11.5. The second kappa shape index (κ2) is 4.78. The molecule has 2 N–H and O–H groups in total. The third-order valence-electron chi connectivity index (χ3n) is 4.93. The molecule has 18 heavy (non-hydrogen) atoms.